The summed E-state index contributed by atoms with van der Waals surface area (Å²) >= 11 is 9.17. The molecule has 0 aliphatic rings. The Balaban J connectivity index is 2.10. The molecule has 5 nitrogen and oxygen atoms in total. The Labute approximate surface area is 135 Å². The van der Waals surface area contributed by atoms with E-state index in [-0.39, 0.29) is 6.61 Å². The number of anilines is 2. The highest BCUT2D eigenvalue weighted by molar-refractivity contribution is 9.10. The Kier molecular flexibility index (Phi) is 5.55. The topological polar surface area (TPSA) is 74.2 Å². The van der Waals surface area contributed by atoms with Crippen molar-refractivity contribution in [3.63, 3.8) is 0 Å². The lowest BCUT2D eigenvalue weighted by Crippen LogP contribution is -2.20. The van der Waals surface area contributed by atoms with Crippen LogP contribution in [0.15, 0.2) is 41.1 Å². The SMILES string of the molecule is O=C(Nc1ccnc(Br)c1)Nc1cc(Cl)ccc1CCO. The number of benzene rings is 1. The fourth-order valence-corrected chi connectivity index (χ4v) is 2.31. The van der Waals surface area contributed by atoms with Gasteiger partial charge in [-0.3, -0.25) is 0 Å². The first-order valence-electron chi connectivity index (χ1n) is 6.17. The molecule has 0 radical (unpaired) electrons. The highest BCUT2D eigenvalue weighted by atomic mass is 79.9. The van der Waals surface area contributed by atoms with E-state index in [2.05, 4.69) is 31.5 Å². The molecule has 0 saturated heterocycles. The number of rotatable bonds is 4. The number of nitrogens with one attached hydrogen (secondary N) is 2. The predicted octanol–water partition coefficient (Wildman–Crippen LogP) is 3.68. The molecule has 2 aromatic rings. The summed E-state index contributed by atoms with van der Waals surface area (Å²) in [5.74, 6) is 0. The van der Waals surface area contributed by atoms with Gasteiger partial charge in [0.1, 0.15) is 4.60 Å². The van der Waals surface area contributed by atoms with Gasteiger partial charge in [0.15, 0.2) is 0 Å². The molecule has 0 saturated carbocycles. The number of amides is 2. The van der Waals surface area contributed by atoms with Crippen LogP contribution in [0.4, 0.5) is 16.2 Å². The quantitative estimate of drug-likeness (QED) is 0.719. The number of hydrogen-bond acceptors (Lipinski definition) is 3. The summed E-state index contributed by atoms with van der Waals surface area (Å²) in [7, 11) is 0. The highest BCUT2D eigenvalue weighted by Gasteiger charge is 2.08. The first-order chi connectivity index (χ1) is 10.1. The largest absolute Gasteiger partial charge is 0.396 e. The Morgan fingerprint density at radius 1 is 1.29 bits per heavy atom. The van der Waals surface area contributed by atoms with E-state index in [1.807, 2.05) is 0 Å². The molecular formula is C14H13BrClN3O2. The van der Waals surface area contributed by atoms with Crippen LogP contribution in [0, 0.1) is 0 Å². The van der Waals surface area contributed by atoms with E-state index >= 15 is 0 Å². The molecule has 0 atom stereocenters. The van der Waals surface area contributed by atoms with E-state index in [9.17, 15) is 4.79 Å². The third-order valence-electron chi connectivity index (χ3n) is 2.69. The van der Waals surface area contributed by atoms with Crippen molar-refractivity contribution in [2.75, 3.05) is 17.2 Å². The smallest absolute Gasteiger partial charge is 0.323 e. The van der Waals surface area contributed by atoms with E-state index in [0.29, 0.717) is 27.4 Å². The van der Waals surface area contributed by atoms with Gasteiger partial charge in [-0.05, 0) is 52.2 Å². The molecule has 0 spiro atoms. The minimum atomic E-state index is -0.394. The zero-order valence-electron chi connectivity index (χ0n) is 10.9. The summed E-state index contributed by atoms with van der Waals surface area (Å²) in [6.07, 6.45) is 2.02. The first-order valence-corrected chi connectivity index (χ1v) is 7.34. The average molecular weight is 371 g/mol. The Hall–Kier alpha value is -1.63. The summed E-state index contributed by atoms with van der Waals surface area (Å²) in [6.45, 7) is -0.00473. The van der Waals surface area contributed by atoms with Crippen molar-refractivity contribution in [3.8, 4) is 0 Å². The number of aliphatic hydroxyl groups is 1. The number of nitrogens with zero attached hydrogens (tertiary/aromatic N) is 1. The van der Waals surface area contributed by atoms with Gasteiger partial charge in [-0.2, -0.15) is 0 Å². The lowest BCUT2D eigenvalue weighted by Gasteiger charge is -2.12. The third-order valence-corrected chi connectivity index (χ3v) is 3.35. The van der Waals surface area contributed by atoms with Crippen LogP contribution in [0.2, 0.25) is 5.02 Å². The highest BCUT2D eigenvalue weighted by Crippen LogP contribution is 2.22. The monoisotopic (exact) mass is 369 g/mol. The Morgan fingerprint density at radius 2 is 2.10 bits per heavy atom. The van der Waals surface area contributed by atoms with Gasteiger partial charge >= 0.3 is 6.03 Å². The van der Waals surface area contributed by atoms with Gasteiger partial charge in [-0.25, -0.2) is 9.78 Å². The molecule has 21 heavy (non-hydrogen) atoms. The van der Waals surface area contributed by atoms with Crippen LogP contribution in [0.25, 0.3) is 0 Å². The van der Waals surface area contributed by atoms with Crippen LogP contribution in [0.1, 0.15) is 5.56 Å². The lowest BCUT2D eigenvalue weighted by atomic mass is 10.1. The predicted molar refractivity (Wildman–Crippen MR) is 86.8 cm³/mol. The van der Waals surface area contributed by atoms with Crippen molar-refractivity contribution >= 4 is 44.9 Å². The summed E-state index contributed by atoms with van der Waals surface area (Å²) in [6, 6.07) is 8.11. The fraction of sp³-hybridized carbons (Fsp3) is 0.143. The number of carbonyl (C=O) groups is 1. The molecule has 0 bridgehead atoms. The first kappa shape index (κ1) is 15.8. The minimum absolute atomic E-state index is 0.00473. The second-order valence-electron chi connectivity index (χ2n) is 4.22. The van der Waals surface area contributed by atoms with Crippen LogP contribution in [0.3, 0.4) is 0 Å². The lowest BCUT2D eigenvalue weighted by molar-refractivity contribution is 0.262. The standard InChI is InChI=1S/C14H13BrClN3O2/c15-13-8-11(3-5-17-13)18-14(21)19-12-7-10(16)2-1-9(12)4-6-20/h1-3,5,7-8,20H,4,6H2,(H2,17,18,19,21). The fourth-order valence-electron chi connectivity index (χ4n) is 1.77. The van der Waals surface area contributed by atoms with Crippen molar-refractivity contribution in [1.82, 2.24) is 4.98 Å². The number of hydrogen-bond donors (Lipinski definition) is 3. The molecule has 1 aromatic carbocycles. The summed E-state index contributed by atoms with van der Waals surface area (Å²) in [5, 5.41) is 15.0. The number of urea groups is 1. The van der Waals surface area contributed by atoms with E-state index in [1.165, 1.54) is 0 Å². The third kappa shape index (κ3) is 4.70. The zero-order chi connectivity index (χ0) is 15.2. The normalized spacial score (nSPS) is 10.2. The van der Waals surface area contributed by atoms with E-state index < -0.39 is 6.03 Å². The van der Waals surface area contributed by atoms with Gasteiger partial charge in [0.05, 0.1) is 0 Å². The molecule has 2 amide bonds. The van der Waals surface area contributed by atoms with Gasteiger partial charge in [0.25, 0.3) is 0 Å². The van der Waals surface area contributed by atoms with Crippen LogP contribution in [0.5, 0.6) is 0 Å². The molecule has 0 aliphatic heterocycles. The number of aromatic nitrogens is 1. The number of halogens is 2. The van der Waals surface area contributed by atoms with Crippen molar-refractivity contribution in [3.05, 3.63) is 51.7 Å². The van der Waals surface area contributed by atoms with Crippen molar-refractivity contribution in [1.29, 1.82) is 0 Å². The van der Waals surface area contributed by atoms with E-state index in [4.69, 9.17) is 16.7 Å². The maximum atomic E-state index is 12.0. The van der Waals surface area contributed by atoms with Gasteiger partial charge in [-0.1, -0.05) is 17.7 Å². The molecule has 3 N–H and O–H groups in total. The van der Waals surface area contributed by atoms with Crippen LogP contribution in [-0.4, -0.2) is 22.7 Å². The molecule has 0 fully saturated rings. The van der Waals surface area contributed by atoms with E-state index in [0.717, 1.165) is 5.56 Å². The molecule has 0 unspecified atom stereocenters. The van der Waals surface area contributed by atoms with Gasteiger partial charge in [0.2, 0.25) is 0 Å². The van der Waals surface area contributed by atoms with Gasteiger partial charge < -0.3 is 15.7 Å². The van der Waals surface area contributed by atoms with Crippen LogP contribution in [-0.2, 0) is 6.42 Å². The second-order valence-corrected chi connectivity index (χ2v) is 5.47. The van der Waals surface area contributed by atoms with Gasteiger partial charge in [0, 0.05) is 29.2 Å². The molecule has 0 aliphatic carbocycles. The van der Waals surface area contributed by atoms with Crippen LogP contribution < -0.4 is 10.6 Å². The number of carbonyl (C=O) groups excluding carboxylic acids is 1. The zero-order valence-corrected chi connectivity index (χ0v) is 13.3. The Morgan fingerprint density at radius 3 is 2.81 bits per heavy atom. The molecule has 2 rings (SSSR count). The summed E-state index contributed by atoms with van der Waals surface area (Å²) in [4.78, 5) is 16.0. The molecular weight excluding hydrogens is 358 g/mol. The maximum absolute atomic E-state index is 12.0. The molecule has 1 heterocycles. The second kappa shape index (κ2) is 7.40. The molecule has 1 aromatic heterocycles. The Bertz CT molecular complexity index is 652. The number of aliphatic hydroxyl groups excluding tert-OH is 1. The average Bonchev–Trinajstić information content (AvgIpc) is 2.42. The van der Waals surface area contributed by atoms with Crippen molar-refractivity contribution < 1.29 is 9.90 Å². The van der Waals surface area contributed by atoms with Crippen LogP contribution >= 0.6 is 27.5 Å². The van der Waals surface area contributed by atoms with Gasteiger partial charge in [-0.15, -0.1) is 0 Å². The summed E-state index contributed by atoms with van der Waals surface area (Å²) < 4.78 is 0.629. The summed E-state index contributed by atoms with van der Waals surface area (Å²) in [5.41, 5.74) is 2.00. The number of pyridine rings is 1. The van der Waals surface area contributed by atoms with Crippen molar-refractivity contribution in [2.24, 2.45) is 0 Å². The minimum Gasteiger partial charge on any atom is -0.396 e. The van der Waals surface area contributed by atoms with Crippen molar-refractivity contribution in [2.45, 2.75) is 6.42 Å². The maximum Gasteiger partial charge on any atom is 0.323 e. The molecule has 7 heteroatoms. The molecule has 110 valence electrons. The van der Waals surface area contributed by atoms with E-state index in [1.54, 1.807) is 36.5 Å².